The van der Waals surface area contributed by atoms with E-state index in [1.807, 2.05) is 66.9 Å². The quantitative estimate of drug-likeness (QED) is 0.214. The molecule has 1 fully saturated rings. The number of ether oxygens (including phenoxy) is 1. The fraction of sp³-hybridized carbons (Fsp3) is 0.265. The van der Waals surface area contributed by atoms with Crippen molar-refractivity contribution in [3.63, 3.8) is 0 Å². The van der Waals surface area contributed by atoms with Crippen LogP contribution in [0.4, 0.5) is 5.82 Å². The molecule has 226 valence electrons. The van der Waals surface area contributed by atoms with Gasteiger partial charge in [-0.25, -0.2) is 13.4 Å². The first kappa shape index (κ1) is 29.7. The minimum absolute atomic E-state index is 0.290. The highest BCUT2D eigenvalue weighted by Crippen LogP contribution is 2.27. The normalized spacial score (nSPS) is 15.0. The van der Waals surface area contributed by atoms with Gasteiger partial charge in [0.2, 0.25) is 10.0 Å². The van der Waals surface area contributed by atoms with E-state index in [2.05, 4.69) is 24.8 Å². The van der Waals surface area contributed by atoms with Crippen molar-refractivity contribution in [2.45, 2.75) is 24.0 Å². The van der Waals surface area contributed by atoms with E-state index in [9.17, 15) is 8.42 Å². The first-order valence-electron chi connectivity index (χ1n) is 14.8. The zero-order valence-electron chi connectivity index (χ0n) is 24.7. The number of hydrogen-bond donors (Lipinski definition) is 0. The monoisotopic (exact) mass is 608 g/mol. The van der Waals surface area contributed by atoms with Crippen molar-refractivity contribution >= 4 is 26.6 Å². The number of pyridine rings is 3. The SMILES string of the molecule is CN(C(Cc1ccc(OCc2ccncc2)cc1)CN1CCN(c2ccccn2)CC1)S(=O)(=O)c1cccc2cnccc12. The molecule has 0 saturated carbocycles. The lowest BCUT2D eigenvalue weighted by molar-refractivity contribution is 0.200. The maximum absolute atomic E-state index is 14.2. The lowest BCUT2D eigenvalue weighted by Gasteiger charge is -2.38. The summed E-state index contributed by atoms with van der Waals surface area (Å²) in [5, 5.41) is 1.47. The van der Waals surface area contributed by atoms with Crippen LogP contribution in [-0.4, -0.2) is 78.4 Å². The number of hydrogen-bond acceptors (Lipinski definition) is 8. The molecule has 0 bridgehead atoms. The molecule has 44 heavy (non-hydrogen) atoms. The average molecular weight is 609 g/mol. The molecule has 0 spiro atoms. The van der Waals surface area contributed by atoms with Gasteiger partial charge < -0.3 is 9.64 Å². The molecule has 4 heterocycles. The Balaban J connectivity index is 1.21. The van der Waals surface area contributed by atoms with Crippen molar-refractivity contribution in [2.24, 2.45) is 0 Å². The third-order valence-corrected chi connectivity index (χ3v) is 10.1. The number of rotatable bonds is 11. The molecule has 1 unspecified atom stereocenters. The molecule has 3 aromatic heterocycles. The minimum Gasteiger partial charge on any atom is -0.489 e. The summed E-state index contributed by atoms with van der Waals surface area (Å²) < 4.78 is 35.9. The summed E-state index contributed by atoms with van der Waals surface area (Å²) in [6.07, 6.45) is 9.22. The number of benzene rings is 2. The number of anilines is 1. The molecule has 0 radical (unpaired) electrons. The molecule has 0 aliphatic carbocycles. The topological polar surface area (TPSA) is 91.8 Å². The fourth-order valence-corrected chi connectivity index (χ4v) is 7.17. The van der Waals surface area contributed by atoms with Gasteiger partial charge in [0.05, 0.1) is 4.90 Å². The molecule has 5 aromatic rings. The van der Waals surface area contributed by atoms with Crippen LogP contribution in [0, 0.1) is 0 Å². The first-order valence-corrected chi connectivity index (χ1v) is 16.2. The van der Waals surface area contributed by atoms with E-state index in [0.717, 1.165) is 54.3 Å². The number of nitrogens with zero attached hydrogens (tertiary/aromatic N) is 6. The van der Waals surface area contributed by atoms with Crippen LogP contribution in [0.25, 0.3) is 10.8 Å². The highest BCUT2D eigenvalue weighted by Gasteiger charge is 2.32. The van der Waals surface area contributed by atoms with E-state index in [4.69, 9.17) is 4.74 Å². The third kappa shape index (κ3) is 6.88. The second kappa shape index (κ2) is 13.5. The van der Waals surface area contributed by atoms with Crippen LogP contribution < -0.4 is 9.64 Å². The number of aromatic nitrogens is 3. The van der Waals surface area contributed by atoms with E-state index < -0.39 is 10.0 Å². The number of fused-ring (bicyclic) bond motifs is 1. The Morgan fingerprint density at radius 1 is 0.818 bits per heavy atom. The first-order chi connectivity index (χ1) is 21.5. The van der Waals surface area contributed by atoms with Gasteiger partial charge in [-0.2, -0.15) is 4.31 Å². The van der Waals surface area contributed by atoms with Crippen molar-refractivity contribution in [1.29, 1.82) is 0 Å². The molecule has 6 rings (SSSR count). The van der Waals surface area contributed by atoms with Crippen LogP contribution in [-0.2, 0) is 23.1 Å². The fourth-order valence-electron chi connectivity index (χ4n) is 5.62. The molecule has 0 amide bonds. The van der Waals surface area contributed by atoms with Gasteiger partial charge in [0, 0.05) is 87.6 Å². The van der Waals surface area contributed by atoms with Crippen molar-refractivity contribution in [2.75, 3.05) is 44.7 Å². The summed E-state index contributed by atoms with van der Waals surface area (Å²) in [6.45, 7) is 4.38. The Labute approximate surface area is 258 Å². The van der Waals surface area contributed by atoms with Crippen LogP contribution in [0.3, 0.4) is 0 Å². The summed E-state index contributed by atoms with van der Waals surface area (Å²) >= 11 is 0. The smallest absolute Gasteiger partial charge is 0.243 e. The molecule has 0 N–H and O–H groups in total. The Hall–Kier alpha value is -4.38. The Morgan fingerprint density at radius 2 is 1.59 bits per heavy atom. The number of piperazine rings is 1. The highest BCUT2D eigenvalue weighted by atomic mass is 32.2. The van der Waals surface area contributed by atoms with Gasteiger partial charge in [-0.3, -0.25) is 14.9 Å². The largest absolute Gasteiger partial charge is 0.489 e. The molecule has 9 nitrogen and oxygen atoms in total. The third-order valence-electron chi connectivity index (χ3n) is 8.18. The van der Waals surface area contributed by atoms with Crippen LogP contribution in [0.5, 0.6) is 5.75 Å². The Kier molecular flexibility index (Phi) is 9.11. The molecular weight excluding hydrogens is 572 g/mol. The number of sulfonamides is 1. The van der Waals surface area contributed by atoms with Gasteiger partial charge in [-0.1, -0.05) is 30.3 Å². The van der Waals surface area contributed by atoms with E-state index >= 15 is 0 Å². The predicted molar refractivity (Wildman–Crippen MR) is 172 cm³/mol. The second-order valence-corrected chi connectivity index (χ2v) is 13.0. The van der Waals surface area contributed by atoms with E-state index in [0.29, 0.717) is 29.9 Å². The van der Waals surface area contributed by atoms with Gasteiger partial charge in [0.25, 0.3) is 0 Å². The zero-order valence-corrected chi connectivity index (χ0v) is 25.6. The van der Waals surface area contributed by atoms with Crippen LogP contribution in [0.1, 0.15) is 11.1 Å². The van der Waals surface area contributed by atoms with Crippen molar-refractivity contribution < 1.29 is 13.2 Å². The van der Waals surface area contributed by atoms with Gasteiger partial charge in [0.15, 0.2) is 0 Å². The summed E-state index contributed by atoms with van der Waals surface area (Å²) in [6, 6.07) is 24.6. The van der Waals surface area contributed by atoms with Gasteiger partial charge in [0.1, 0.15) is 18.2 Å². The lowest BCUT2D eigenvalue weighted by Crippen LogP contribution is -2.52. The highest BCUT2D eigenvalue weighted by molar-refractivity contribution is 7.89. The van der Waals surface area contributed by atoms with E-state index in [1.165, 1.54) is 0 Å². The maximum Gasteiger partial charge on any atom is 0.243 e. The molecule has 1 saturated heterocycles. The lowest BCUT2D eigenvalue weighted by atomic mass is 10.0. The molecule has 1 atom stereocenters. The second-order valence-electron chi connectivity index (χ2n) is 11.0. The molecule has 2 aromatic carbocycles. The molecular formula is C34H36N6O3S. The standard InChI is InChI=1S/C34H36N6O3S/c1-38(44(41,42)33-6-4-5-29-24-36-18-14-32(29)33)30(25-39-19-21-40(22-20-39)34-7-2-3-15-37-34)23-27-8-10-31(11-9-27)43-26-28-12-16-35-17-13-28/h2-18,24,30H,19-23,25-26H2,1H3. The van der Waals surface area contributed by atoms with Crippen LogP contribution >= 0.6 is 0 Å². The van der Waals surface area contributed by atoms with Crippen molar-refractivity contribution in [1.82, 2.24) is 24.2 Å². The van der Waals surface area contributed by atoms with Crippen molar-refractivity contribution in [3.8, 4) is 5.75 Å². The zero-order chi connectivity index (χ0) is 30.4. The summed E-state index contributed by atoms with van der Waals surface area (Å²) in [7, 11) is -2.10. The number of likely N-dealkylation sites (N-methyl/N-ethyl adjacent to an activating group) is 1. The molecule has 10 heteroatoms. The summed E-state index contributed by atoms with van der Waals surface area (Å²) in [5.74, 6) is 1.73. The van der Waals surface area contributed by atoms with Crippen molar-refractivity contribution in [3.05, 3.63) is 121 Å². The Morgan fingerprint density at radius 3 is 2.34 bits per heavy atom. The van der Waals surface area contributed by atoms with E-state index in [1.54, 1.807) is 54.3 Å². The summed E-state index contributed by atoms with van der Waals surface area (Å²) in [5.41, 5.74) is 2.09. The Bertz CT molecular complexity index is 1760. The van der Waals surface area contributed by atoms with Crippen LogP contribution in [0.15, 0.2) is 115 Å². The predicted octanol–water partition coefficient (Wildman–Crippen LogP) is 4.66. The van der Waals surface area contributed by atoms with Gasteiger partial charge in [-0.15, -0.1) is 0 Å². The van der Waals surface area contributed by atoms with Crippen LogP contribution in [0.2, 0.25) is 0 Å². The maximum atomic E-state index is 14.2. The van der Waals surface area contributed by atoms with Gasteiger partial charge in [-0.05, 0) is 66.1 Å². The molecule has 1 aliphatic heterocycles. The minimum atomic E-state index is -3.81. The van der Waals surface area contributed by atoms with Gasteiger partial charge >= 0.3 is 0 Å². The average Bonchev–Trinajstić information content (AvgIpc) is 3.08. The van der Waals surface area contributed by atoms with E-state index in [-0.39, 0.29) is 6.04 Å². The molecule has 1 aliphatic rings. The summed E-state index contributed by atoms with van der Waals surface area (Å²) in [4.78, 5) is 17.7.